The SMILES string of the molecule is CC(=O)O.CCCCCCCCOC(=O)c1ccccc1C(=O)OCCCCCCCC. The third-order valence-electron chi connectivity index (χ3n) is 4.83. The minimum atomic E-state index is -0.833. The van der Waals surface area contributed by atoms with Gasteiger partial charge in [-0.2, -0.15) is 0 Å². The summed E-state index contributed by atoms with van der Waals surface area (Å²) in [6.07, 6.45) is 13.6. The van der Waals surface area contributed by atoms with Gasteiger partial charge in [-0.05, 0) is 25.0 Å². The summed E-state index contributed by atoms with van der Waals surface area (Å²) < 4.78 is 10.7. The van der Waals surface area contributed by atoms with Crippen LogP contribution in [0.2, 0.25) is 0 Å². The first-order chi connectivity index (χ1) is 15.4. The van der Waals surface area contributed by atoms with Crippen molar-refractivity contribution in [3.63, 3.8) is 0 Å². The second-order valence-electron chi connectivity index (χ2n) is 7.87. The van der Waals surface area contributed by atoms with Crippen molar-refractivity contribution in [2.24, 2.45) is 0 Å². The predicted octanol–water partition coefficient (Wildman–Crippen LogP) is 6.81. The van der Waals surface area contributed by atoms with Crippen LogP contribution in [-0.2, 0) is 14.3 Å². The molecule has 0 aromatic heterocycles. The van der Waals surface area contributed by atoms with E-state index in [1.807, 2.05) is 0 Å². The van der Waals surface area contributed by atoms with Crippen LogP contribution in [0.25, 0.3) is 0 Å². The van der Waals surface area contributed by atoms with Crippen LogP contribution in [0.1, 0.15) is 119 Å². The molecule has 0 fully saturated rings. The Kier molecular flexibility index (Phi) is 19.0. The number of unbranched alkanes of at least 4 members (excludes halogenated alkanes) is 10. The number of carboxylic acids is 1. The van der Waals surface area contributed by atoms with Crippen LogP contribution in [0.4, 0.5) is 0 Å². The first-order valence-corrected chi connectivity index (χ1v) is 12.1. The van der Waals surface area contributed by atoms with E-state index in [1.165, 1.54) is 51.4 Å². The highest BCUT2D eigenvalue weighted by Gasteiger charge is 2.18. The van der Waals surface area contributed by atoms with Crippen molar-refractivity contribution in [1.82, 2.24) is 0 Å². The Morgan fingerprint density at radius 1 is 0.656 bits per heavy atom. The van der Waals surface area contributed by atoms with Gasteiger partial charge in [-0.3, -0.25) is 4.79 Å². The first kappa shape index (κ1) is 29.6. The van der Waals surface area contributed by atoms with Gasteiger partial charge in [0.2, 0.25) is 0 Å². The van der Waals surface area contributed by atoms with E-state index in [-0.39, 0.29) is 0 Å². The second kappa shape index (κ2) is 20.5. The van der Waals surface area contributed by atoms with Gasteiger partial charge in [0.15, 0.2) is 0 Å². The third-order valence-corrected chi connectivity index (χ3v) is 4.83. The molecule has 0 bridgehead atoms. The van der Waals surface area contributed by atoms with Gasteiger partial charge in [-0.25, -0.2) is 9.59 Å². The van der Waals surface area contributed by atoms with Crippen LogP contribution in [0.15, 0.2) is 24.3 Å². The number of esters is 2. The van der Waals surface area contributed by atoms with Gasteiger partial charge in [-0.15, -0.1) is 0 Å². The molecular weight excluding hydrogens is 408 g/mol. The summed E-state index contributed by atoms with van der Waals surface area (Å²) in [5.74, 6) is -1.72. The molecule has 1 N–H and O–H groups in total. The fourth-order valence-electron chi connectivity index (χ4n) is 3.09. The smallest absolute Gasteiger partial charge is 0.339 e. The summed E-state index contributed by atoms with van der Waals surface area (Å²) in [5.41, 5.74) is 0.586. The maximum Gasteiger partial charge on any atom is 0.339 e. The van der Waals surface area contributed by atoms with Gasteiger partial charge in [0.1, 0.15) is 0 Å². The average Bonchev–Trinajstić information content (AvgIpc) is 2.77. The number of carbonyl (C=O) groups excluding carboxylic acids is 2. The van der Waals surface area contributed by atoms with Gasteiger partial charge in [0.25, 0.3) is 5.97 Å². The summed E-state index contributed by atoms with van der Waals surface area (Å²) in [6, 6.07) is 6.74. The lowest BCUT2D eigenvalue weighted by atomic mass is 10.1. The van der Waals surface area contributed by atoms with E-state index in [2.05, 4.69) is 13.8 Å². The zero-order valence-electron chi connectivity index (χ0n) is 20.2. The number of rotatable bonds is 16. The molecule has 1 aromatic rings. The van der Waals surface area contributed by atoms with Crippen molar-refractivity contribution >= 4 is 17.9 Å². The molecule has 0 saturated heterocycles. The number of hydrogen-bond acceptors (Lipinski definition) is 5. The zero-order valence-corrected chi connectivity index (χ0v) is 20.2. The lowest BCUT2D eigenvalue weighted by molar-refractivity contribution is -0.134. The molecule has 0 aliphatic rings. The maximum atomic E-state index is 12.4. The number of carboxylic acid groups (broad SMARTS) is 1. The third kappa shape index (κ3) is 16.3. The lowest BCUT2D eigenvalue weighted by Crippen LogP contribution is -2.15. The molecule has 0 atom stereocenters. The molecule has 0 aliphatic heterocycles. The van der Waals surface area contributed by atoms with E-state index in [0.29, 0.717) is 24.3 Å². The van der Waals surface area contributed by atoms with Gasteiger partial charge < -0.3 is 14.6 Å². The summed E-state index contributed by atoms with van der Waals surface area (Å²) >= 11 is 0. The molecule has 6 nitrogen and oxygen atoms in total. The quantitative estimate of drug-likeness (QED) is 0.220. The molecule has 0 radical (unpaired) electrons. The Morgan fingerprint density at radius 3 is 1.31 bits per heavy atom. The van der Waals surface area contributed by atoms with Crippen LogP contribution in [0.5, 0.6) is 0 Å². The molecule has 0 saturated carbocycles. The van der Waals surface area contributed by atoms with Crippen LogP contribution in [-0.4, -0.2) is 36.2 Å². The van der Waals surface area contributed by atoms with Gasteiger partial charge in [0.05, 0.1) is 24.3 Å². The van der Waals surface area contributed by atoms with Crippen LogP contribution >= 0.6 is 0 Å². The fourth-order valence-corrected chi connectivity index (χ4v) is 3.09. The van der Waals surface area contributed by atoms with E-state index in [4.69, 9.17) is 19.4 Å². The Balaban J connectivity index is 0.00000220. The molecule has 32 heavy (non-hydrogen) atoms. The van der Waals surface area contributed by atoms with Crippen LogP contribution in [0, 0.1) is 0 Å². The number of hydrogen-bond donors (Lipinski definition) is 1. The van der Waals surface area contributed by atoms with Crippen molar-refractivity contribution in [2.45, 2.75) is 97.8 Å². The number of aliphatic carboxylic acids is 1. The van der Waals surface area contributed by atoms with Crippen LogP contribution in [0.3, 0.4) is 0 Å². The molecule has 1 aromatic carbocycles. The van der Waals surface area contributed by atoms with E-state index in [1.54, 1.807) is 24.3 Å². The molecule has 0 unspecified atom stereocenters. The number of ether oxygens (including phenoxy) is 2. The van der Waals surface area contributed by atoms with Crippen molar-refractivity contribution < 1.29 is 29.0 Å². The highest BCUT2D eigenvalue weighted by molar-refractivity contribution is 6.03. The molecule has 182 valence electrons. The molecule has 0 heterocycles. The summed E-state index contributed by atoms with van der Waals surface area (Å²) in [7, 11) is 0. The normalized spacial score (nSPS) is 10.1. The van der Waals surface area contributed by atoms with Crippen molar-refractivity contribution in [3.8, 4) is 0 Å². The van der Waals surface area contributed by atoms with Crippen molar-refractivity contribution in [1.29, 1.82) is 0 Å². The van der Waals surface area contributed by atoms with Crippen molar-refractivity contribution in [2.75, 3.05) is 13.2 Å². The molecular formula is C26H42O6. The van der Waals surface area contributed by atoms with E-state index in [9.17, 15) is 9.59 Å². The molecule has 1 rings (SSSR count). The van der Waals surface area contributed by atoms with E-state index in [0.717, 1.165) is 32.6 Å². The summed E-state index contributed by atoms with van der Waals surface area (Å²) in [6.45, 7) is 6.26. The fraction of sp³-hybridized carbons (Fsp3) is 0.654. The second-order valence-corrected chi connectivity index (χ2v) is 7.87. The van der Waals surface area contributed by atoms with E-state index < -0.39 is 17.9 Å². The largest absolute Gasteiger partial charge is 0.481 e. The summed E-state index contributed by atoms with van der Waals surface area (Å²) in [4.78, 5) is 33.7. The highest BCUT2D eigenvalue weighted by atomic mass is 16.5. The Bertz CT molecular complexity index is 588. The minimum Gasteiger partial charge on any atom is -0.481 e. The van der Waals surface area contributed by atoms with Gasteiger partial charge in [0, 0.05) is 6.92 Å². The Hall–Kier alpha value is -2.37. The molecule has 0 spiro atoms. The predicted molar refractivity (Wildman–Crippen MR) is 127 cm³/mol. The topological polar surface area (TPSA) is 89.9 Å². The van der Waals surface area contributed by atoms with E-state index >= 15 is 0 Å². The standard InChI is InChI=1S/C24H38O4.C2H4O2/c1-3-5-7-9-11-15-19-27-23(25)21-17-13-14-18-22(21)24(26)28-20-16-12-10-8-6-4-2;1-2(3)4/h13-14,17-18H,3-12,15-16,19-20H2,1-2H3;1H3,(H,3,4). The van der Waals surface area contributed by atoms with Gasteiger partial charge >= 0.3 is 11.9 Å². The van der Waals surface area contributed by atoms with Crippen LogP contribution < -0.4 is 0 Å². The van der Waals surface area contributed by atoms with Gasteiger partial charge in [-0.1, -0.05) is 90.2 Å². The monoisotopic (exact) mass is 450 g/mol. The lowest BCUT2D eigenvalue weighted by Gasteiger charge is -2.10. The number of carbonyl (C=O) groups is 3. The number of benzene rings is 1. The summed E-state index contributed by atoms with van der Waals surface area (Å²) in [5, 5.41) is 7.42. The highest BCUT2D eigenvalue weighted by Crippen LogP contribution is 2.14. The minimum absolute atomic E-state index is 0.293. The Labute approximate surface area is 193 Å². The maximum absolute atomic E-state index is 12.4. The van der Waals surface area contributed by atoms with Crippen molar-refractivity contribution in [3.05, 3.63) is 35.4 Å². The zero-order chi connectivity index (χ0) is 24.0. The molecule has 6 heteroatoms. The Morgan fingerprint density at radius 2 is 0.969 bits per heavy atom. The molecule has 0 amide bonds. The molecule has 0 aliphatic carbocycles. The average molecular weight is 451 g/mol. The first-order valence-electron chi connectivity index (χ1n) is 12.1.